The Kier molecular flexibility index (Phi) is 9.32. The molecule has 0 atom stereocenters. The van der Waals surface area contributed by atoms with Gasteiger partial charge in [-0.3, -0.25) is 0 Å². The Labute approximate surface area is 364 Å². The molecule has 0 saturated carbocycles. The van der Waals surface area contributed by atoms with Crippen LogP contribution >= 0.6 is 0 Å². The van der Waals surface area contributed by atoms with E-state index in [2.05, 4.69) is 260 Å². The van der Waals surface area contributed by atoms with E-state index < -0.39 is 5.41 Å². The molecule has 10 aromatic carbocycles. The molecule has 0 saturated heterocycles. The number of hydrogen-bond donors (Lipinski definition) is 1. The molecule has 0 fully saturated rings. The fourth-order valence-electron chi connectivity index (χ4n) is 9.90. The quantitative estimate of drug-likeness (QED) is 0.157. The number of benzene rings is 10. The number of hydrogen-bond acceptors (Lipinski definition) is 2. The summed E-state index contributed by atoms with van der Waals surface area (Å²) in [6.07, 6.45) is 0. The summed E-state index contributed by atoms with van der Waals surface area (Å²) < 4.78 is 0. The Morgan fingerprint density at radius 2 is 0.984 bits per heavy atom. The van der Waals surface area contributed by atoms with Gasteiger partial charge in [-0.15, -0.1) is 0 Å². The first-order valence-electron chi connectivity index (χ1n) is 21.4. The lowest BCUT2D eigenvalue weighted by Gasteiger charge is -2.35. The van der Waals surface area contributed by atoms with E-state index in [1.54, 1.807) is 0 Å². The van der Waals surface area contributed by atoms with Crippen LogP contribution < -0.4 is 10.2 Å². The fraction of sp³-hybridized carbons (Fsp3) is 0.0333. The van der Waals surface area contributed by atoms with Crippen molar-refractivity contribution in [2.45, 2.75) is 12.3 Å². The van der Waals surface area contributed by atoms with Gasteiger partial charge in [-0.2, -0.15) is 0 Å². The molecule has 62 heavy (non-hydrogen) atoms. The fourth-order valence-corrected chi connectivity index (χ4v) is 9.90. The molecule has 0 unspecified atom stereocenters. The van der Waals surface area contributed by atoms with Crippen LogP contribution in [0, 0.1) is 6.92 Å². The molecular weight excluding hydrogens is 749 g/mol. The van der Waals surface area contributed by atoms with Crippen LogP contribution in [0.25, 0.3) is 44.2 Å². The number of nitrogens with zero attached hydrogens (tertiary/aromatic N) is 1. The molecule has 1 aliphatic rings. The molecule has 0 spiro atoms. The summed E-state index contributed by atoms with van der Waals surface area (Å²) >= 11 is 0. The predicted octanol–water partition coefficient (Wildman–Crippen LogP) is 16.1. The van der Waals surface area contributed by atoms with E-state index in [9.17, 15) is 0 Å². The van der Waals surface area contributed by atoms with Gasteiger partial charge in [-0.1, -0.05) is 194 Å². The van der Waals surface area contributed by atoms with Crippen molar-refractivity contribution in [3.63, 3.8) is 0 Å². The maximum atomic E-state index is 3.75. The molecule has 2 nitrogen and oxygen atoms in total. The van der Waals surface area contributed by atoms with Gasteiger partial charge < -0.3 is 10.2 Å². The average Bonchev–Trinajstić information content (AvgIpc) is 3.64. The third-order valence-electron chi connectivity index (χ3n) is 12.6. The first kappa shape index (κ1) is 37.1. The van der Waals surface area contributed by atoms with Gasteiger partial charge in [0.2, 0.25) is 0 Å². The van der Waals surface area contributed by atoms with Gasteiger partial charge in [0.15, 0.2) is 0 Å². The monoisotopic (exact) mass is 792 g/mol. The van der Waals surface area contributed by atoms with Crippen molar-refractivity contribution in [2.75, 3.05) is 10.2 Å². The Hall–Kier alpha value is -7.94. The lowest BCUT2D eigenvalue weighted by Crippen LogP contribution is -2.28. The van der Waals surface area contributed by atoms with Gasteiger partial charge in [0, 0.05) is 28.3 Å². The number of nitrogens with one attached hydrogen (secondary N) is 1. The highest BCUT2D eigenvalue weighted by Gasteiger charge is 2.47. The first-order valence-corrected chi connectivity index (χ1v) is 21.4. The number of rotatable bonds is 9. The normalized spacial score (nSPS) is 12.4. The SMILES string of the molecule is Cc1cccc2c1-c1ccc(N(c3cccc(Nc4ccc(-c5ccccc5)cc4)c3)c3ccc4ccccc4c3-c3ccccc3)cc1C2(c1ccccc1)c1ccccc1. The smallest absolute Gasteiger partial charge is 0.0714 e. The lowest BCUT2D eigenvalue weighted by atomic mass is 9.67. The maximum Gasteiger partial charge on any atom is 0.0714 e. The largest absolute Gasteiger partial charge is 0.355 e. The summed E-state index contributed by atoms with van der Waals surface area (Å²) in [6.45, 7) is 2.25. The Bertz CT molecular complexity index is 3150. The molecule has 10 aromatic rings. The summed E-state index contributed by atoms with van der Waals surface area (Å²) in [7, 11) is 0. The minimum atomic E-state index is -0.540. The lowest BCUT2D eigenvalue weighted by molar-refractivity contribution is 0.768. The van der Waals surface area contributed by atoms with Crippen LogP contribution in [-0.4, -0.2) is 0 Å². The standard InChI is InChI=1S/C60H44N2/c1-42-18-16-31-55-58(42)54-38-37-52(41-56(54)60(55,47-24-10-4-11-25-47)48-26-12-5-13-27-48)62(57-39-34-45-21-14-15-30-53(45)59(57)46-22-8-3-9-23-46)51-29-17-28-50(40-51)61-49-35-32-44(33-36-49)43-19-6-2-7-20-43/h2-41,61H,1H3. The molecule has 2 heteroatoms. The van der Waals surface area contributed by atoms with Crippen molar-refractivity contribution in [1.82, 2.24) is 0 Å². The molecule has 0 bridgehead atoms. The van der Waals surface area contributed by atoms with Crippen molar-refractivity contribution in [3.8, 4) is 33.4 Å². The number of anilines is 5. The molecule has 0 radical (unpaired) electrons. The zero-order valence-electron chi connectivity index (χ0n) is 34.5. The van der Waals surface area contributed by atoms with Gasteiger partial charge in [-0.05, 0) is 122 Å². The second-order valence-electron chi connectivity index (χ2n) is 16.2. The van der Waals surface area contributed by atoms with Crippen LogP contribution in [0.15, 0.2) is 243 Å². The maximum absolute atomic E-state index is 3.75. The van der Waals surface area contributed by atoms with Crippen molar-refractivity contribution in [3.05, 3.63) is 270 Å². The van der Waals surface area contributed by atoms with E-state index in [4.69, 9.17) is 0 Å². The molecule has 1 aliphatic carbocycles. The van der Waals surface area contributed by atoms with Gasteiger partial charge in [0.05, 0.1) is 11.1 Å². The average molecular weight is 793 g/mol. The van der Waals surface area contributed by atoms with Crippen LogP contribution in [0.4, 0.5) is 28.4 Å². The Balaban J connectivity index is 1.14. The van der Waals surface area contributed by atoms with Gasteiger partial charge in [0.25, 0.3) is 0 Å². The van der Waals surface area contributed by atoms with Crippen LogP contribution in [-0.2, 0) is 5.41 Å². The molecule has 1 N–H and O–H groups in total. The molecule has 0 heterocycles. The van der Waals surface area contributed by atoms with Crippen molar-refractivity contribution >= 4 is 39.2 Å². The molecule has 294 valence electrons. The Morgan fingerprint density at radius 3 is 1.69 bits per heavy atom. The summed E-state index contributed by atoms with van der Waals surface area (Å²) in [6, 6.07) is 88.4. The molecule has 0 aliphatic heterocycles. The van der Waals surface area contributed by atoms with E-state index >= 15 is 0 Å². The molecular formula is C60H44N2. The highest BCUT2D eigenvalue weighted by Crippen LogP contribution is 2.58. The van der Waals surface area contributed by atoms with Gasteiger partial charge in [-0.25, -0.2) is 0 Å². The summed E-state index contributed by atoms with van der Waals surface area (Å²) in [5.74, 6) is 0. The minimum absolute atomic E-state index is 0.540. The summed E-state index contributed by atoms with van der Waals surface area (Å²) in [5, 5.41) is 6.16. The number of aryl methyl sites for hydroxylation is 1. The summed E-state index contributed by atoms with van der Waals surface area (Å²) in [4.78, 5) is 2.47. The van der Waals surface area contributed by atoms with Gasteiger partial charge >= 0.3 is 0 Å². The minimum Gasteiger partial charge on any atom is -0.355 e. The predicted molar refractivity (Wildman–Crippen MR) is 261 cm³/mol. The van der Waals surface area contributed by atoms with Crippen LogP contribution in [0.2, 0.25) is 0 Å². The Morgan fingerprint density at radius 1 is 0.387 bits per heavy atom. The first-order chi connectivity index (χ1) is 30.7. The second-order valence-corrected chi connectivity index (χ2v) is 16.2. The molecule has 11 rings (SSSR count). The van der Waals surface area contributed by atoms with Crippen LogP contribution in [0.3, 0.4) is 0 Å². The van der Waals surface area contributed by atoms with E-state index in [1.807, 2.05) is 0 Å². The summed E-state index contributed by atoms with van der Waals surface area (Å²) in [5.41, 5.74) is 18.5. The molecule has 0 aromatic heterocycles. The molecule has 0 amide bonds. The van der Waals surface area contributed by atoms with Crippen LogP contribution in [0.1, 0.15) is 27.8 Å². The van der Waals surface area contributed by atoms with E-state index in [0.29, 0.717) is 0 Å². The second kappa shape index (κ2) is 15.6. The zero-order valence-corrected chi connectivity index (χ0v) is 34.5. The van der Waals surface area contributed by atoms with Crippen molar-refractivity contribution < 1.29 is 0 Å². The topological polar surface area (TPSA) is 15.3 Å². The van der Waals surface area contributed by atoms with E-state index in [0.717, 1.165) is 28.4 Å². The highest BCUT2D eigenvalue weighted by atomic mass is 15.1. The highest BCUT2D eigenvalue weighted by molar-refractivity contribution is 6.05. The van der Waals surface area contributed by atoms with E-state index in [-0.39, 0.29) is 0 Å². The van der Waals surface area contributed by atoms with Gasteiger partial charge in [0.1, 0.15) is 0 Å². The van der Waals surface area contributed by atoms with Crippen LogP contribution in [0.5, 0.6) is 0 Å². The van der Waals surface area contributed by atoms with Crippen molar-refractivity contribution in [2.24, 2.45) is 0 Å². The third kappa shape index (κ3) is 6.28. The van der Waals surface area contributed by atoms with E-state index in [1.165, 1.54) is 72.0 Å². The number of fused-ring (bicyclic) bond motifs is 4. The van der Waals surface area contributed by atoms with Crippen molar-refractivity contribution in [1.29, 1.82) is 0 Å². The third-order valence-corrected chi connectivity index (χ3v) is 12.6. The zero-order chi connectivity index (χ0) is 41.5.